The van der Waals surface area contributed by atoms with Crippen LogP contribution in [0.5, 0.6) is 5.75 Å². The Labute approximate surface area is 128 Å². The highest BCUT2D eigenvalue weighted by molar-refractivity contribution is 5.91. The van der Waals surface area contributed by atoms with E-state index < -0.39 is 6.67 Å². The molecule has 1 aromatic carbocycles. The quantitative estimate of drug-likeness (QED) is 0.629. The van der Waals surface area contributed by atoms with Crippen molar-refractivity contribution < 1.29 is 9.50 Å². The van der Waals surface area contributed by atoms with Crippen molar-refractivity contribution >= 4 is 11.8 Å². The molecule has 0 aliphatic carbocycles. The molecule has 0 amide bonds. The highest BCUT2D eigenvalue weighted by Gasteiger charge is 2.13. The maximum atomic E-state index is 12.6. The SMILES string of the molecule is C/C=C\C(=C/C=N)c1cn(CCF)nc1-c1ccc(O)cc1. The van der Waals surface area contributed by atoms with Crippen molar-refractivity contribution in [1.82, 2.24) is 9.78 Å². The van der Waals surface area contributed by atoms with Crippen LogP contribution in [0.3, 0.4) is 0 Å². The molecule has 5 heteroatoms. The second-order valence-corrected chi connectivity index (χ2v) is 4.68. The first-order valence-corrected chi connectivity index (χ1v) is 6.96. The molecule has 114 valence electrons. The monoisotopic (exact) mass is 299 g/mol. The Balaban J connectivity index is 2.58. The fraction of sp³-hybridized carbons (Fsp3) is 0.176. The number of nitrogens with one attached hydrogen (secondary N) is 1. The highest BCUT2D eigenvalue weighted by atomic mass is 19.1. The number of aromatic hydroxyl groups is 1. The largest absolute Gasteiger partial charge is 0.508 e. The number of phenols is 1. The molecule has 0 fully saturated rings. The first-order chi connectivity index (χ1) is 10.7. The van der Waals surface area contributed by atoms with Crippen molar-refractivity contribution in [2.45, 2.75) is 13.5 Å². The molecule has 2 rings (SSSR count). The van der Waals surface area contributed by atoms with E-state index in [1.807, 2.05) is 19.1 Å². The van der Waals surface area contributed by atoms with Gasteiger partial charge in [-0.15, -0.1) is 0 Å². The van der Waals surface area contributed by atoms with Gasteiger partial charge in [0, 0.05) is 23.5 Å². The third-order valence-corrected chi connectivity index (χ3v) is 3.14. The van der Waals surface area contributed by atoms with Crippen LogP contribution in [-0.4, -0.2) is 27.8 Å². The topological polar surface area (TPSA) is 61.9 Å². The number of benzene rings is 1. The molecule has 0 aliphatic heterocycles. The van der Waals surface area contributed by atoms with Gasteiger partial charge >= 0.3 is 0 Å². The summed E-state index contributed by atoms with van der Waals surface area (Å²) in [4.78, 5) is 0. The Kier molecular flexibility index (Phi) is 5.25. The van der Waals surface area contributed by atoms with E-state index in [-0.39, 0.29) is 12.3 Å². The number of phenolic OH excluding ortho intramolecular Hbond substituents is 1. The minimum absolute atomic E-state index is 0.178. The summed E-state index contributed by atoms with van der Waals surface area (Å²) in [6.45, 7) is 1.58. The van der Waals surface area contributed by atoms with Gasteiger partial charge in [0.05, 0.1) is 6.54 Å². The fourth-order valence-corrected chi connectivity index (χ4v) is 2.17. The molecule has 0 spiro atoms. The molecular formula is C17H18FN3O. The Bertz CT molecular complexity index is 699. The zero-order valence-corrected chi connectivity index (χ0v) is 12.3. The number of halogens is 1. The molecule has 2 N–H and O–H groups in total. The molecule has 2 aromatic rings. The van der Waals surface area contributed by atoms with Crippen LogP contribution in [-0.2, 0) is 6.54 Å². The molecular weight excluding hydrogens is 281 g/mol. The van der Waals surface area contributed by atoms with Gasteiger partial charge in [-0.25, -0.2) is 4.39 Å². The van der Waals surface area contributed by atoms with Gasteiger partial charge in [0.25, 0.3) is 0 Å². The second kappa shape index (κ2) is 7.36. The summed E-state index contributed by atoms with van der Waals surface area (Å²) in [7, 11) is 0. The summed E-state index contributed by atoms with van der Waals surface area (Å²) in [6, 6.07) is 6.70. The van der Waals surface area contributed by atoms with Crippen LogP contribution in [0.2, 0.25) is 0 Å². The summed E-state index contributed by atoms with van der Waals surface area (Å²) in [5, 5.41) is 21.1. The van der Waals surface area contributed by atoms with Crippen LogP contribution in [0.1, 0.15) is 12.5 Å². The van der Waals surface area contributed by atoms with Gasteiger partial charge in [-0.2, -0.15) is 5.10 Å². The van der Waals surface area contributed by atoms with Crippen LogP contribution >= 0.6 is 0 Å². The number of aromatic nitrogens is 2. The van der Waals surface area contributed by atoms with E-state index in [9.17, 15) is 9.50 Å². The standard InChI is InChI=1S/C17H18FN3O/c1-2-3-13(8-10-19)16-12-21(11-9-18)20-17(16)14-4-6-15(22)7-5-14/h2-8,10,12,19,22H,9,11H2,1H3/b3-2-,13-8+,19-10?. The number of alkyl halides is 1. The maximum absolute atomic E-state index is 12.6. The Morgan fingerprint density at radius 2 is 2.09 bits per heavy atom. The maximum Gasteiger partial charge on any atom is 0.115 e. The second-order valence-electron chi connectivity index (χ2n) is 4.68. The van der Waals surface area contributed by atoms with Crippen molar-refractivity contribution in [3.8, 4) is 17.0 Å². The lowest BCUT2D eigenvalue weighted by Crippen LogP contribution is -1.99. The third kappa shape index (κ3) is 3.49. The van der Waals surface area contributed by atoms with Crippen LogP contribution in [0.15, 0.2) is 48.7 Å². The fourth-order valence-electron chi connectivity index (χ4n) is 2.17. The van der Waals surface area contributed by atoms with E-state index in [4.69, 9.17) is 5.41 Å². The predicted octanol–water partition coefficient (Wildman–Crippen LogP) is 3.83. The number of rotatable bonds is 6. The van der Waals surface area contributed by atoms with Crippen LogP contribution < -0.4 is 0 Å². The average molecular weight is 299 g/mol. The van der Waals surface area contributed by atoms with E-state index in [1.165, 1.54) is 6.21 Å². The summed E-state index contributed by atoms with van der Waals surface area (Å²) in [5.41, 5.74) is 3.16. The molecule has 0 unspecified atom stereocenters. The lowest BCUT2D eigenvalue weighted by Gasteiger charge is -2.03. The summed E-state index contributed by atoms with van der Waals surface area (Å²) < 4.78 is 14.2. The molecule has 1 heterocycles. The summed E-state index contributed by atoms with van der Waals surface area (Å²) in [6.07, 6.45) is 8.41. The smallest absolute Gasteiger partial charge is 0.115 e. The molecule has 0 radical (unpaired) electrons. The molecule has 0 atom stereocenters. The molecule has 4 nitrogen and oxygen atoms in total. The van der Waals surface area contributed by atoms with Gasteiger partial charge in [-0.05, 0) is 42.8 Å². The molecule has 0 bridgehead atoms. The van der Waals surface area contributed by atoms with Crippen LogP contribution in [0, 0.1) is 5.41 Å². The van der Waals surface area contributed by atoms with Crippen molar-refractivity contribution in [2.75, 3.05) is 6.67 Å². The zero-order valence-electron chi connectivity index (χ0n) is 12.3. The lowest BCUT2D eigenvalue weighted by molar-refractivity contribution is 0.427. The number of allylic oxidation sites excluding steroid dienone is 4. The van der Waals surface area contributed by atoms with Gasteiger partial charge < -0.3 is 10.5 Å². The van der Waals surface area contributed by atoms with Crippen molar-refractivity contribution in [3.05, 3.63) is 54.3 Å². The summed E-state index contributed by atoms with van der Waals surface area (Å²) >= 11 is 0. The normalized spacial score (nSPS) is 12.0. The van der Waals surface area contributed by atoms with Crippen LogP contribution in [0.25, 0.3) is 16.8 Å². The van der Waals surface area contributed by atoms with Crippen molar-refractivity contribution in [1.29, 1.82) is 5.41 Å². The zero-order chi connectivity index (χ0) is 15.9. The van der Waals surface area contributed by atoms with E-state index in [2.05, 4.69) is 5.10 Å². The van der Waals surface area contributed by atoms with Gasteiger partial charge in [0.2, 0.25) is 0 Å². The van der Waals surface area contributed by atoms with Crippen molar-refractivity contribution in [2.24, 2.45) is 0 Å². The molecule has 1 aromatic heterocycles. The highest BCUT2D eigenvalue weighted by Crippen LogP contribution is 2.29. The first kappa shape index (κ1) is 15.7. The molecule has 0 saturated carbocycles. The molecule has 22 heavy (non-hydrogen) atoms. The van der Waals surface area contributed by atoms with E-state index in [1.54, 1.807) is 41.2 Å². The Hall–Kier alpha value is -2.69. The Morgan fingerprint density at radius 3 is 2.68 bits per heavy atom. The van der Waals surface area contributed by atoms with Gasteiger partial charge in [-0.1, -0.05) is 12.2 Å². The van der Waals surface area contributed by atoms with Crippen LogP contribution in [0.4, 0.5) is 4.39 Å². The van der Waals surface area contributed by atoms with Gasteiger partial charge in [0.1, 0.15) is 18.1 Å². The van der Waals surface area contributed by atoms with Gasteiger partial charge in [-0.3, -0.25) is 4.68 Å². The molecule has 0 saturated heterocycles. The van der Waals surface area contributed by atoms with Crippen molar-refractivity contribution in [3.63, 3.8) is 0 Å². The van der Waals surface area contributed by atoms with E-state index in [0.717, 1.165) is 16.7 Å². The Morgan fingerprint density at radius 1 is 1.36 bits per heavy atom. The summed E-state index contributed by atoms with van der Waals surface area (Å²) in [5.74, 6) is 0.178. The minimum Gasteiger partial charge on any atom is -0.508 e. The number of hydrogen-bond acceptors (Lipinski definition) is 3. The lowest BCUT2D eigenvalue weighted by atomic mass is 10.0. The van der Waals surface area contributed by atoms with E-state index >= 15 is 0 Å². The minimum atomic E-state index is -0.497. The number of aryl methyl sites for hydroxylation is 1. The van der Waals surface area contributed by atoms with Gasteiger partial charge in [0.15, 0.2) is 0 Å². The average Bonchev–Trinajstić information content (AvgIpc) is 2.92. The number of hydrogen-bond donors (Lipinski definition) is 2. The van der Waals surface area contributed by atoms with E-state index in [0.29, 0.717) is 5.69 Å². The first-order valence-electron chi connectivity index (χ1n) is 6.96. The number of nitrogens with zero attached hydrogens (tertiary/aromatic N) is 2. The predicted molar refractivity (Wildman–Crippen MR) is 86.9 cm³/mol. The third-order valence-electron chi connectivity index (χ3n) is 3.14. The molecule has 0 aliphatic rings.